The van der Waals surface area contributed by atoms with Crippen molar-refractivity contribution in [3.05, 3.63) is 103 Å². The summed E-state index contributed by atoms with van der Waals surface area (Å²) in [5, 5.41) is 6.92. The van der Waals surface area contributed by atoms with Gasteiger partial charge in [0, 0.05) is 12.2 Å². The third kappa shape index (κ3) is 5.95. The van der Waals surface area contributed by atoms with Crippen molar-refractivity contribution in [3.8, 4) is 11.5 Å². The molecule has 39 heavy (non-hydrogen) atoms. The fraction of sp³-hybridized carbons (Fsp3) is 0.241. The van der Waals surface area contributed by atoms with Crippen molar-refractivity contribution in [2.45, 2.75) is 31.8 Å². The van der Waals surface area contributed by atoms with E-state index in [0.717, 1.165) is 0 Å². The van der Waals surface area contributed by atoms with Crippen LogP contribution in [0.5, 0.6) is 11.5 Å². The molecule has 5 rings (SSSR count). The Labute approximate surface area is 224 Å². The van der Waals surface area contributed by atoms with Crippen molar-refractivity contribution in [3.63, 3.8) is 0 Å². The van der Waals surface area contributed by atoms with Gasteiger partial charge in [-0.1, -0.05) is 18.2 Å². The molecule has 2 atom stereocenters. The van der Waals surface area contributed by atoms with Gasteiger partial charge < -0.3 is 15.0 Å². The molecule has 2 amide bonds. The molecule has 1 aromatic heterocycles. The molecule has 3 aromatic carbocycles. The van der Waals surface area contributed by atoms with Crippen LogP contribution in [0.4, 0.5) is 14.5 Å². The third-order valence-corrected chi connectivity index (χ3v) is 6.90. The van der Waals surface area contributed by atoms with Crippen molar-refractivity contribution in [2.75, 3.05) is 11.9 Å². The standard InChI is InChI=1S/C29H27F2N5O3/c1-29(28(38)34-23-8-12-25(13-9-23)39-24-10-6-22(30)7-11-24)15-20(14-21-4-2-3-5-26(21)31)16-36(29)27(37)17-35-19-32-18-33-35/h2-13,18-20H,14-17H2,1H3,(H,34,38). The minimum absolute atomic E-state index is 0.0648. The van der Waals surface area contributed by atoms with E-state index < -0.39 is 5.54 Å². The number of carbonyl (C=O) groups is 2. The van der Waals surface area contributed by atoms with Gasteiger partial charge in [0.25, 0.3) is 0 Å². The first-order chi connectivity index (χ1) is 18.8. The molecule has 10 heteroatoms. The lowest BCUT2D eigenvalue weighted by Crippen LogP contribution is -2.54. The summed E-state index contributed by atoms with van der Waals surface area (Å²) in [6, 6.07) is 18.9. The first kappa shape index (κ1) is 26.0. The molecule has 200 valence electrons. The molecular weight excluding hydrogens is 504 g/mol. The molecule has 2 unspecified atom stereocenters. The van der Waals surface area contributed by atoms with Crippen LogP contribution in [0.3, 0.4) is 0 Å². The van der Waals surface area contributed by atoms with Gasteiger partial charge in [0.15, 0.2) is 0 Å². The summed E-state index contributed by atoms with van der Waals surface area (Å²) in [5.41, 5.74) is -0.0989. The zero-order chi connectivity index (χ0) is 27.4. The van der Waals surface area contributed by atoms with E-state index in [1.54, 1.807) is 54.3 Å². The lowest BCUT2D eigenvalue weighted by molar-refractivity contribution is -0.142. The summed E-state index contributed by atoms with van der Waals surface area (Å²) < 4.78 is 34.6. The van der Waals surface area contributed by atoms with Crippen LogP contribution in [-0.2, 0) is 22.6 Å². The van der Waals surface area contributed by atoms with E-state index in [4.69, 9.17) is 4.74 Å². The van der Waals surface area contributed by atoms with E-state index in [1.165, 1.54) is 47.7 Å². The summed E-state index contributed by atoms with van der Waals surface area (Å²) in [4.78, 5) is 32.4. The Morgan fingerprint density at radius 2 is 1.72 bits per heavy atom. The molecular formula is C29H27F2N5O3. The molecule has 0 spiro atoms. The minimum Gasteiger partial charge on any atom is -0.457 e. The number of halogens is 2. The maximum atomic E-state index is 14.4. The van der Waals surface area contributed by atoms with E-state index >= 15 is 0 Å². The third-order valence-electron chi connectivity index (χ3n) is 6.90. The first-order valence-electron chi connectivity index (χ1n) is 12.5. The molecule has 1 aliphatic rings. The summed E-state index contributed by atoms with van der Waals surface area (Å²) >= 11 is 0. The van der Waals surface area contributed by atoms with E-state index in [-0.39, 0.29) is 35.9 Å². The number of carbonyl (C=O) groups excluding carboxylic acids is 2. The molecule has 0 bridgehead atoms. The summed E-state index contributed by atoms with van der Waals surface area (Å²) in [6.45, 7) is 1.97. The van der Waals surface area contributed by atoms with Gasteiger partial charge in [0.2, 0.25) is 11.8 Å². The zero-order valence-electron chi connectivity index (χ0n) is 21.3. The predicted octanol–water partition coefficient (Wildman–Crippen LogP) is 4.84. The normalized spacial score (nSPS) is 18.6. The Kier molecular flexibility index (Phi) is 7.36. The van der Waals surface area contributed by atoms with E-state index in [2.05, 4.69) is 15.4 Å². The fourth-order valence-electron chi connectivity index (χ4n) is 4.95. The summed E-state index contributed by atoms with van der Waals surface area (Å²) in [6.07, 6.45) is 3.55. The molecule has 1 saturated heterocycles. The highest BCUT2D eigenvalue weighted by molar-refractivity contribution is 6.00. The van der Waals surface area contributed by atoms with Crippen LogP contribution in [0, 0.1) is 17.6 Å². The average molecular weight is 532 g/mol. The summed E-state index contributed by atoms with van der Waals surface area (Å²) in [7, 11) is 0. The van der Waals surface area contributed by atoms with Crippen molar-refractivity contribution < 1.29 is 23.1 Å². The molecule has 1 N–H and O–H groups in total. The van der Waals surface area contributed by atoms with Crippen LogP contribution >= 0.6 is 0 Å². The van der Waals surface area contributed by atoms with Gasteiger partial charge in [-0.3, -0.25) is 9.59 Å². The lowest BCUT2D eigenvalue weighted by atomic mass is 9.89. The Balaban J connectivity index is 1.32. The van der Waals surface area contributed by atoms with Gasteiger partial charge in [-0.25, -0.2) is 18.4 Å². The SMILES string of the molecule is CC1(C(=O)Nc2ccc(Oc3ccc(F)cc3)cc2)CC(Cc2ccccc2F)CN1C(=O)Cn1cncn1. The van der Waals surface area contributed by atoms with Crippen molar-refractivity contribution in [1.29, 1.82) is 0 Å². The number of anilines is 1. The Morgan fingerprint density at radius 3 is 2.38 bits per heavy atom. The quantitative estimate of drug-likeness (QED) is 0.352. The Morgan fingerprint density at radius 1 is 1.03 bits per heavy atom. The lowest BCUT2D eigenvalue weighted by Gasteiger charge is -2.33. The number of hydrogen-bond donors (Lipinski definition) is 1. The second-order valence-corrected chi connectivity index (χ2v) is 9.77. The highest BCUT2D eigenvalue weighted by Crippen LogP contribution is 2.37. The van der Waals surface area contributed by atoms with Crippen molar-refractivity contribution >= 4 is 17.5 Å². The van der Waals surface area contributed by atoms with E-state index in [9.17, 15) is 18.4 Å². The van der Waals surface area contributed by atoms with Crippen LogP contribution < -0.4 is 10.1 Å². The van der Waals surface area contributed by atoms with Gasteiger partial charge in [-0.15, -0.1) is 0 Å². The molecule has 1 fully saturated rings. The number of rotatable bonds is 8. The number of likely N-dealkylation sites (tertiary alicyclic amines) is 1. The number of nitrogens with one attached hydrogen (secondary N) is 1. The molecule has 2 heterocycles. The predicted molar refractivity (Wildman–Crippen MR) is 140 cm³/mol. The number of aromatic nitrogens is 3. The maximum Gasteiger partial charge on any atom is 0.250 e. The molecule has 8 nitrogen and oxygen atoms in total. The Bertz CT molecular complexity index is 1440. The molecule has 1 aliphatic heterocycles. The highest BCUT2D eigenvalue weighted by atomic mass is 19.1. The topological polar surface area (TPSA) is 89.4 Å². The average Bonchev–Trinajstić information content (AvgIpc) is 3.56. The first-order valence-corrected chi connectivity index (χ1v) is 12.5. The number of nitrogens with zero attached hydrogens (tertiary/aromatic N) is 4. The fourth-order valence-corrected chi connectivity index (χ4v) is 4.95. The van der Waals surface area contributed by atoms with E-state index in [1.807, 2.05) is 0 Å². The number of hydrogen-bond acceptors (Lipinski definition) is 5. The van der Waals surface area contributed by atoms with Gasteiger partial charge in [0.1, 0.15) is 47.9 Å². The van der Waals surface area contributed by atoms with Crippen LogP contribution in [-0.4, -0.2) is 43.6 Å². The van der Waals surface area contributed by atoms with Crippen LogP contribution in [0.2, 0.25) is 0 Å². The molecule has 0 aliphatic carbocycles. The monoisotopic (exact) mass is 531 g/mol. The van der Waals surface area contributed by atoms with Gasteiger partial charge in [-0.05, 0) is 85.8 Å². The van der Waals surface area contributed by atoms with Crippen LogP contribution in [0.15, 0.2) is 85.5 Å². The molecule has 4 aromatic rings. The second kappa shape index (κ2) is 11.0. The Hall–Kier alpha value is -4.60. The zero-order valence-corrected chi connectivity index (χ0v) is 21.3. The van der Waals surface area contributed by atoms with Crippen molar-refractivity contribution in [2.24, 2.45) is 5.92 Å². The second-order valence-electron chi connectivity index (χ2n) is 9.77. The highest BCUT2D eigenvalue weighted by Gasteiger charge is 2.49. The van der Waals surface area contributed by atoms with Crippen LogP contribution in [0.25, 0.3) is 0 Å². The van der Waals surface area contributed by atoms with Crippen molar-refractivity contribution in [1.82, 2.24) is 19.7 Å². The van der Waals surface area contributed by atoms with E-state index in [0.29, 0.717) is 42.1 Å². The molecule has 0 radical (unpaired) electrons. The van der Waals surface area contributed by atoms with Gasteiger partial charge in [-0.2, -0.15) is 5.10 Å². The number of amides is 2. The van der Waals surface area contributed by atoms with Gasteiger partial charge >= 0.3 is 0 Å². The number of benzene rings is 3. The minimum atomic E-state index is -1.17. The van der Waals surface area contributed by atoms with Crippen LogP contribution in [0.1, 0.15) is 18.9 Å². The van der Waals surface area contributed by atoms with Gasteiger partial charge in [0.05, 0.1) is 0 Å². The maximum absolute atomic E-state index is 14.4. The summed E-state index contributed by atoms with van der Waals surface area (Å²) in [5.74, 6) is -0.418. The largest absolute Gasteiger partial charge is 0.457 e. The molecule has 0 saturated carbocycles. The smallest absolute Gasteiger partial charge is 0.250 e. The number of ether oxygens (including phenoxy) is 1.